The van der Waals surface area contributed by atoms with E-state index in [1.165, 1.54) is 5.56 Å². The van der Waals surface area contributed by atoms with E-state index in [9.17, 15) is 4.79 Å². The van der Waals surface area contributed by atoms with E-state index in [4.69, 9.17) is 9.84 Å². The molecule has 98 valence electrons. The summed E-state index contributed by atoms with van der Waals surface area (Å²) in [5.41, 5.74) is 3.40. The molecule has 2 rings (SSSR count). The fourth-order valence-corrected chi connectivity index (χ4v) is 2.59. The lowest BCUT2D eigenvalue weighted by Gasteiger charge is -2.17. The first-order valence-corrected chi connectivity index (χ1v) is 6.17. The highest BCUT2D eigenvalue weighted by molar-refractivity contribution is 5.74. The SMILES string of the molecule is COc1cc(C)c(C2CCC(C(=O)O)N2)cc1C. The zero-order valence-electron chi connectivity index (χ0n) is 11.0. The highest BCUT2D eigenvalue weighted by Gasteiger charge is 2.30. The highest BCUT2D eigenvalue weighted by Crippen LogP contribution is 2.32. The summed E-state index contributed by atoms with van der Waals surface area (Å²) < 4.78 is 5.29. The maximum Gasteiger partial charge on any atom is 0.320 e. The van der Waals surface area contributed by atoms with Gasteiger partial charge in [-0.2, -0.15) is 0 Å². The molecular weight excluding hydrogens is 230 g/mol. The van der Waals surface area contributed by atoms with Crippen LogP contribution in [0.2, 0.25) is 0 Å². The number of carboxylic acid groups (broad SMARTS) is 1. The molecule has 2 unspecified atom stereocenters. The van der Waals surface area contributed by atoms with E-state index < -0.39 is 12.0 Å². The standard InChI is InChI=1S/C14H19NO3/c1-8-7-13(18-3)9(2)6-10(8)11-4-5-12(15-11)14(16)17/h6-7,11-12,15H,4-5H2,1-3H3,(H,16,17). The summed E-state index contributed by atoms with van der Waals surface area (Å²) in [6.45, 7) is 4.04. The number of aliphatic carboxylic acids is 1. The van der Waals surface area contributed by atoms with Gasteiger partial charge < -0.3 is 9.84 Å². The molecule has 0 spiro atoms. The number of hydrogen-bond donors (Lipinski definition) is 2. The van der Waals surface area contributed by atoms with Crippen LogP contribution in [0, 0.1) is 13.8 Å². The number of aryl methyl sites for hydroxylation is 2. The number of nitrogens with one attached hydrogen (secondary N) is 1. The predicted octanol–water partition coefficient (Wildman–Crippen LogP) is 2.19. The zero-order chi connectivity index (χ0) is 13.3. The van der Waals surface area contributed by atoms with Gasteiger partial charge in [0.1, 0.15) is 11.8 Å². The molecule has 0 radical (unpaired) electrons. The second-order valence-electron chi connectivity index (χ2n) is 4.87. The Morgan fingerprint density at radius 1 is 1.33 bits per heavy atom. The maximum atomic E-state index is 10.9. The summed E-state index contributed by atoms with van der Waals surface area (Å²) in [6, 6.07) is 3.82. The summed E-state index contributed by atoms with van der Waals surface area (Å²) in [5.74, 6) is 0.115. The molecule has 0 saturated carbocycles. The summed E-state index contributed by atoms with van der Waals surface area (Å²) in [4.78, 5) is 10.9. The van der Waals surface area contributed by atoms with Crippen LogP contribution in [0.3, 0.4) is 0 Å². The van der Waals surface area contributed by atoms with Crippen molar-refractivity contribution in [3.8, 4) is 5.75 Å². The maximum absolute atomic E-state index is 10.9. The van der Waals surface area contributed by atoms with Crippen LogP contribution >= 0.6 is 0 Å². The van der Waals surface area contributed by atoms with E-state index >= 15 is 0 Å². The molecule has 1 saturated heterocycles. The lowest BCUT2D eigenvalue weighted by Crippen LogP contribution is -2.32. The molecule has 0 aliphatic carbocycles. The van der Waals surface area contributed by atoms with Crippen molar-refractivity contribution in [2.75, 3.05) is 7.11 Å². The molecule has 1 fully saturated rings. The zero-order valence-corrected chi connectivity index (χ0v) is 11.0. The average Bonchev–Trinajstić information content (AvgIpc) is 2.81. The topological polar surface area (TPSA) is 58.6 Å². The van der Waals surface area contributed by atoms with Crippen molar-refractivity contribution in [1.29, 1.82) is 0 Å². The Bertz CT molecular complexity index is 470. The summed E-state index contributed by atoms with van der Waals surface area (Å²) in [5, 5.41) is 12.2. The molecule has 0 bridgehead atoms. The molecule has 1 aliphatic rings. The van der Waals surface area contributed by atoms with Crippen LogP contribution < -0.4 is 10.1 Å². The monoisotopic (exact) mass is 249 g/mol. The molecule has 18 heavy (non-hydrogen) atoms. The van der Waals surface area contributed by atoms with E-state index in [2.05, 4.69) is 11.4 Å². The first kappa shape index (κ1) is 12.9. The Morgan fingerprint density at radius 3 is 2.61 bits per heavy atom. The molecular formula is C14H19NO3. The highest BCUT2D eigenvalue weighted by atomic mass is 16.5. The van der Waals surface area contributed by atoms with Gasteiger partial charge in [0.2, 0.25) is 0 Å². The Morgan fingerprint density at radius 2 is 2.06 bits per heavy atom. The Kier molecular flexibility index (Phi) is 3.57. The lowest BCUT2D eigenvalue weighted by atomic mass is 9.97. The number of carbonyl (C=O) groups is 1. The van der Waals surface area contributed by atoms with Crippen LogP contribution in [0.25, 0.3) is 0 Å². The third-order valence-electron chi connectivity index (χ3n) is 3.60. The normalized spacial score (nSPS) is 23.1. The number of rotatable bonds is 3. The first-order valence-electron chi connectivity index (χ1n) is 6.17. The van der Waals surface area contributed by atoms with Crippen LogP contribution in [0.1, 0.15) is 35.6 Å². The minimum absolute atomic E-state index is 0.135. The van der Waals surface area contributed by atoms with Crippen molar-refractivity contribution >= 4 is 5.97 Å². The van der Waals surface area contributed by atoms with Crippen molar-refractivity contribution in [1.82, 2.24) is 5.32 Å². The number of ether oxygens (including phenoxy) is 1. The molecule has 2 atom stereocenters. The van der Waals surface area contributed by atoms with Crippen molar-refractivity contribution in [3.05, 3.63) is 28.8 Å². The fourth-order valence-electron chi connectivity index (χ4n) is 2.59. The third kappa shape index (κ3) is 2.34. The lowest BCUT2D eigenvalue weighted by molar-refractivity contribution is -0.139. The first-order chi connectivity index (χ1) is 8.52. The Balaban J connectivity index is 2.25. The summed E-state index contributed by atoms with van der Waals surface area (Å²) >= 11 is 0. The van der Waals surface area contributed by atoms with Gasteiger partial charge in [-0.25, -0.2) is 0 Å². The van der Waals surface area contributed by atoms with Gasteiger partial charge in [-0.3, -0.25) is 10.1 Å². The minimum Gasteiger partial charge on any atom is -0.496 e. The smallest absolute Gasteiger partial charge is 0.320 e. The van der Waals surface area contributed by atoms with E-state index in [1.54, 1.807) is 7.11 Å². The molecule has 2 N–H and O–H groups in total. The fraction of sp³-hybridized carbons (Fsp3) is 0.500. The average molecular weight is 249 g/mol. The van der Waals surface area contributed by atoms with Gasteiger partial charge in [-0.05, 0) is 49.4 Å². The number of carboxylic acids is 1. The third-order valence-corrected chi connectivity index (χ3v) is 3.60. The molecule has 1 aromatic carbocycles. The van der Waals surface area contributed by atoms with E-state index in [-0.39, 0.29) is 6.04 Å². The molecule has 1 aliphatic heterocycles. The van der Waals surface area contributed by atoms with Crippen LogP contribution in [0.15, 0.2) is 12.1 Å². The summed E-state index contributed by atoms with van der Waals surface area (Å²) in [6.07, 6.45) is 1.55. The van der Waals surface area contributed by atoms with Gasteiger partial charge in [0.15, 0.2) is 0 Å². The van der Waals surface area contributed by atoms with Crippen molar-refractivity contribution < 1.29 is 14.6 Å². The number of methoxy groups -OCH3 is 1. The van der Waals surface area contributed by atoms with Gasteiger partial charge in [0, 0.05) is 6.04 Å². The molecule has 0 amide bonds. The molecule has 0 aromatic heterocycles. The molecule has 4 heteroatoms. The van der Waals surface area contributed by atoms with Gasteiger partial charge in [-0.15, -0.1) is 0 Å². The van der Waals surface area contributed by atoms with E-state index in [0.29, 0.717) is 6.42 Å². The second-order valence-corrected chi connectivity index (χ2v) is 4.87. The van der Waals surface area contributed by atoms with Gasteiger partial charge in [0.05, 0.1) is 7.11 Å². The molecule has 1 heterocycles. The van der Waals surface area contributed by atoms with Crippen LogP contribution in [0.5, 0.6) is 5.75 Å². The van der Waals surface area contributed by atoms with Gasteiger partial charge in [-0.1, -0.05) is 6.07 Å². The van der Waals surface area contributed by atoms with E-state index in [1.807, 2.05) is 19.9 Å². The predicted molar refractivity (Wildman–Crippen MR) is 69.0 cm³/mol. The van der Waals surface area contributed by atoms with Crippen molar-refractivity contribution in [3.63, 3.8) is 0 Å². The Hall–Kier alpha value is -1.55. The summed E-state index contributed by atoms with van der Waals surface area (Å²) in [7, 11) is 1.66. The van der Waals surface area contributed by atoms with Crippen LogP contribution in [0.4, 0.5) is 0 Å². The second kappa shape index (κ2) is 4.98. The van der Waals surface area contributed by atoms with Crippen molar-refractivity contribution in [2.24, 2.45) is 0 Å². The number of benzene rings is 1. The quantitative estimate of drug-likeness (QED) is 0.862. The number of hydrogen-bond acceptors (Lipinski definition) is 3. The van der Waals surface area contributed by atoms with Gasteiger partial charge in [0.25, 0.3) is 0 Å². The van der Waals surface area contributed by atoms with Crippen molar-refractivity contribution in [2.45, 2.75) is 38.8 Å². The largest absolute Gasteiger partial charge is 0.496 e. The van der Waals surface area contributed by atoms with E-state index in [0.717, 1.165) is 23.3 Å². The van der Waals surface area contributed by atoms with Gasteiger partial charge >= 0.3 is 5.97 Å². The molecule has 4 nitrogen and oxygen atoms in total. The van der Waals surface area contributed by atoms with Crippen LogP contribution in [-0.4, -0.2) is 24.2 Å². The molecule has 1 aromatic rings. The minimum atomic E-state index is -0.764. The van der Waals surface area contributed by atoms with Crippen LogP contribution in [-0.2, 0) is 4.79 Å². The Labute approximate surface area is 107 Å².